The molecule has 104 valence electrons. The molecule has 0 saturated carbocycles. The molecule has 1 aromatic heterocycles. The van der Waals surface area contributed by atoms with Gasteiger partial charge in [0, 0.05) is 11.6 Å². The number of hydrogen-bond donors (Lipinski definition) is 1. The topological polar surface area (TPSA) is 102 Å². The number of aromatic nitrogens is 2. The third-order valence-electron chi connectivity index (χ3n) is 2.86. The number of aromatic hydroxyl groups is 1. The van der Waals surface area contributed by atoms with Crippen LogP contribution in [0.4, 0.5) is 5.69 Å². The molecule has 7 nitrogen and oxygen atoms in total. The second-order valence-corrected chi connectivity index (χ2v) is 4.25. The third-order valence-corrected chi connectivity index (χ3v) is 2.86. The monoisotopic (exact) mass is 283 g/mol. The Bertz CT molecular complexity index is 813. The standard InChI is InChI=1S/C14H9N3O4/c18-10-5-3-4-9(8-10)14-15-13(16-21-14)11-6-1-2-7-12(11)17(19)20/h1-8,18H. The molecule has 0 atom stereocenters. The van der Waals surface area contributed by atoms with Crippen LogP contribution in [0.5, 0.6) is 5.75 Å². The van der Waals surface area contributed by atoms with Gasteiger partial charge in [0.15, 0.2) is 0 Å². The van der Waals surface area contributed by atoms with Gasteiger partial charge in [-0.3, -0.25) is 10.1 Å². The summed E-state index contributed by atoms with van der Waals surface area (Å²) >= 11 is 0. The summed E-state index contributed by atoms with van der Waals surface area (Å²) in [6.07, 6.45) is 0. The Hall–Kier alpha value is -3.22. The Morgan fingerprint density at radius 3 is 2.71 bits per heavy atom. The van der Waals surface area contributed by atoms with Crippen LogP contribution in [0, 0.1) is 10.1 Å². The quantitative estimate of drug-likeness (QED) is 0.585. The Morgan fingerprint density at radius 1 is 1.14 bits per heavy atom. The highest BCUT2D eigenvalue weighted by Gasteiger charge is 2.19. The van der Waals surface area contributed by atoms with Crippen molar-refractivity contribution >= 4 is 5.69 Å². The number of rotatable bonds is 3. The minimum atomic E-state index is -0.500. The number of nitrogens with zero attached hydrogens (tertiary/aromatic N) is 3. The van der Waals surface area contributed by atoms with Crippen molar-refractivity contribution in [3.63, 3.8) is 0 Å². The Balaban J connectivity index is 2.05. The number of phenols is 1. The fourth-order valence-electron chi connectivity index (χ4n) is 1.91. The zero-order valence-electron chi connectivity index (χ0n) is 10.6. The number of nitro benzene ring substituents is 1. The summed E-state index contributed by atoms with van der Waals surface area (Å²) < 4.78 is 5.10. The van der Waals surface area contributed by atoms with Crippen molar-refractivity contribution in [2.24, 2.45) is 0 Å². The number of para-hydroxylation sites is 1. The van der Waals surface area contributed by atoms with Gasteiger partial charge in [0.1, 0.15) is 11.3 Å². The molecule has 0 amide bonds. The molecule has 2 aromatic carbocycles. The molecule has 3 rings (SSSR count). The summed E-state index contributed by atoms with van der Waals surface area (Å²) in [4.78, 5) is 14.6. The van der Waals surface area contributed by atoms with Crippen LogP contribution >= 0.6 is 0 Å². The summed E-state index contributed by atoms with van der Waals surface area (Å²) in [5.41, 5.74) is 0.714. The van der Waals surface area contributed by atoms with Gasteiger partial charge in [0.05, 0.1) is 4.92 Å². The maximum Gasteiger partial charge on any atom is 0.280 e. The van der Waals surface area contributed by atoms with Crippen molar-refractivity contribution in [2.45, 2.75) is 0 Å². The molecule has 1 heterocycles. The maximum atomic E-state index is 11.0. The fraction of sp³-hybridized carbons (Fsp3) is 0. The molecule has 1 N–H and O–H groups in total. The largest absolute Gasteiger partial charge is 0.508 e. The van der Waals surface area contributed by atoms with Crippen LogP contribution in [0.25, 0.3) is 22.8 Å². The van der Waals surface area contributed by atoms with Crippen molar-refractivity contribution in [1.29, 1.82) is 0 Å². The molecule has 0 fully saturated rings. The van der Waals surface area contributed by atoms with E-state index in [-0.39, 0.29) is 28.7 Å². The Labute approximate surface area is 118 Å². The highest BCUT2D eigenvalue weighted by Crippen LogP contribution is 2.29. The first-order valence-electron chi connectivity index (χ1n) is 6.02. The van der Waals surface area contributed by atoms with E-state index in [1.54, 1.807) is 30.3 Å². The minimum Gasteiger partial charge on any atom is -0.508 e. The van der Waals surface area contributed by atoms with Gasteiger partial charge in [-0.1, -0.05) is 23.4 Å². The fourth-order valence-corrected chi connectivity index (χ4v) is 1.91. The number of benzene rings is 2. The van der Waals surface area contributed by atoms with Crippen LogP contribution in [0.3, 0.4) is 0 Å². The van der Waals surface area contributed by atoms with E-state index in [9.17, 15) is 15.2 Å². The van der Waals surface area contributed by atoms with Gasteiger partial charge in [-0.25, -0.2) is 0 Å². The molecule has 0 aliphatic carbocycles. The van der Waals surface area contributed by atoms with Crippen molar-refractivity contribution in [3.05, 3.63) is 58.6 Å². The van der Waals surface area contributed by atoms with Crippen molar-refractivity contribution in [3.8, 4) is 28.6 Å². The van der Waals surface area contributed by atoms with Crippen LogP contribution in [0.1, 0.15) is 0 Å². The minimum absolute atomic E-state index is 0.0675. The zero-order chi connectivity index (χ0) is 14.8. The predicted molar refractivity (Wildman–Crippen MR) is 73.5 cm³/mol. The maximum absolute atomic E-state index is 11.0. The van der Waals surface area contributed by atoms with E-state index in [1.807, 2.05) is 0 Å². The average molecular weight is 283 g/mol. The van der Waals surface area contributed by atoms with Crippen LogP contribution in [-0.4, -0.2) is 20.2 Å². The van der Waals surface area contributed by atoms with Gasteiger partial charge in [-0.05, 0) is 24.3 Å². The van der Waals surface area contributed by atoms with E-state index < -0.39 is 4.92 Å². The van der Waals surface area contributed by atoms with Crippen molar-refractivity contribution in [2.75, 3.05) is 0 Å². The zero-order valence-corrected chi connectivity index (χ0v) is 10.6. The molecule has 0 unspecified atom stereocenters. The van der Waals surface area contributed by atoms with Gasteiger partial charge in [-0.15, -0.1) is 0 Å². The second kappa shape index (κ2) is 5.04. The molecule has 0 spiro atoms. The summed E-state index contributed by atoms with van der Waals surface area (Å²) in [7, 11) is 0. The predicted octanol–water partition coefficient (Wildman–Crippen LogP) is 3.02. The lowest BCUT2D eigenvalue weighted by Gasteiger charge is -1.96. The molecule has 0 aliphatic heterocycles. The molecule has 0 radical (unpaired) electrons. The lowest BCUT2D eigenvalue weighted by atomic mass is 10.1. The van der Waals surface area contributed by atoms with E-state index in [2.05, 4.69) is 10.1 Å². The first kappa shape index (κ1) is 12.8. The van der Waals surface area contributed by atoms with E-state index in [0.29, 0.717) is 5.56 Å². The van der Waals surface area contributed by atoms with Gasteiger partial charge in [0.2, 0.25) is 5.82 Å². The summed E-state index contributed by atoms with van der Waals surface area (Å²) in [6, 6.07) is 12.5. The number of nitro groups is 1. The molecular weight excluding hydrogens is 274 g/mol. The van der Waals surface area contributed by atoms with Crippen LogP contribution in [-0.2, 0) is 0 Å². The van der Waals surface area contributed by atoms with Crippen molar-refractivity contribution in [1.82, 2.24) is 10.1 Å². The lowest BCUT2D eigenvalue weighted by molar-refractivity contribution is -0.384. The molecule has 0 saturated heterocycles. The normalized spacial score (nSPS) is 10.5. The van der Waals surface area contributed by atoms with E-state index in [0.717, 1.165) is 0 Å². The van der Waals surface area contributed by atoms with E-state index >= 15 is 0 Å². The lowest BCUT2D eigenvalue weighted by Crippen LogP contribution is -1.92. The molecule has 0 bridgehead atoms. The summed E-state index contributed by atoms with van der Waals surface area (Å²) in [6.45, 7) is 0. The summed E-state index contributed by atoms with van der Waals surface area (Å²) in [5, 5.41) is 24.2. The number of phenolic OH excluding ortho intramolecular Hbond substituents is 1. The first-order chi connectivity index (χ1) is 10.1. The first-order valence-corrected chi connectivity index (χ1v) is 6.02. The molecule has 0 aliphatic rings. The number of hydrogen-bond acceptors (Lipinski definition) is 6. The van der Waals surface area contributed by atoms with Crippen LogP contribution in [0.15, 0.2) is 53.1 Å². The average Bonchev–Trinajstić information content (AvgIpc) is 2.97. The Morgan fingerprint density at radius 2 is 1.95 bits per heavy atom. The molecular formula is C14H9N3O4. The Kier molecular flexibility index (Phi) is 3.07. The van der Waals surface area contributed by atoms with Gasteiger partial charge < -0.3 is 9.63 Å². The van der Waals surface area contributed by atoms with Gasteiger partial charge >= 0.3 is 0 Å². The van der Waals surface area contributed by atoms with Crippen LogP contribution < -0.4 is 0 Å². The molecule has 21 heavy (non-hydrogen) atoms. The van der Waals surface area contributed by atoms with E-state index in [1.165, 1.54) is 18.2 Å². The van der Waals surface area contributed by atoms with E-state index in [4.69, 9.17) is 4.52 Å². The SMILES string of the molecule is O=[N+]([O-])c1ccccc1-c1noc(-c2cccc(O)c2)n1. The highest BCUT2D eigenvalue weighted by molar-refractivity contribution is 5.69. The third kappa shape index (κ3) is 2.44. The molecule has 7 heteroatoms. The van der Waals surface area contributed by atoms with Gasteiger partial charge in [-0.2, -0.15) is 4.98 Å². The molecule has 3 aromatic rings. The van der Waals surface area contributed by atoms with Crippen LogP contribution in [0.2, 0.25) is 0 Å². The summed E-state index contributed by atoms with van der Waals surface area (Å²) in [5.74, 6) is 0.373. The second-order valence-electron chi connectivity index (χ2n) is 4.25. The smallest absolute Gasteiger partial charge is 0.280 e. The highest BCUT2D eigenvalue weighted by atomic mass is 16.6. The van der Waals surface area contributed by atoms with Crippen molar-refractivity contribution < 1.29 is 14.6 Å². The van der Waals surface area contributed by atoms with Gasteiger partial charge in [0.25, 0.3) is 11.6 Å².